The Balaban J connectivity index is 1.45. The summed E-state index contributed by atoms with van der Waals surface area (Å²) in [7, 11) is 0. The van der Waals surface area contributed by atoms with Gasteiger partial charge in [0.1, 0.15) is 5.82 Å². The number of carbonyl (C=O) groups is 2. The number of imidazole rings is 1. The molecule has 0 radical (unpaired) electrons. The Hall–Kier alpha value is -4.20. The molecule has 5 rings (SSSR count). The number of esters is 1. The summed E-state index contributed by atoms with van der Waals surface area (Å²) in [5.74, 6) is -0.262. The normalized spacial score (nSPS) is 12.6. The molecule has 0 saturated carbocycles. The van der Waals surface area contributed by atoms with Crippen molar-refractivity contribution in [2.45, 2.75) is 13.3 Å². The minimum absolute atomic E-state index is 0.131. The van der Waals surface area contributed by atoms with Gasteiger partial charge in [0, 0.05) is 12.0 Å². The van der Waals surface area contributed by atoms with Gasteiger partial charge in [0.2, 0.25) is 5.82 Å². The lowest BCUT2D eigenvalue weighted by Crippen LogP contribution is -2.08. The highest BCUT2D eigenvalue weighted by molar-refractivity contribution is 6.15. The van der Waals surface area contributed by atoms with Gasteiger partial charge in [0.15, 0.2) is 5.78 Å². The summed E-state index contributed by atoms with van der Waals surface area (Å²) in [6.07, 6.45) is 3.97. The topological polar surface area (TPSA) is 116 Å². The predicted molar refractivity (Wildman–Crippen MR) is 116 cm³/mol. The lowest BCUT2D eigenvalue weighted by Gasteiger charge is -2.05. The van der Waals surface area contributed by atoms with E-state index in [0.29, 0.717) is 34.3 Å². The van der Waals surface area contributed by atoms with Crippen LogP contribution >= 0.6 is 0 Å². The highest BCUT2D eigenvalue weighted by Gasteiger charge is 2.24. The van der Waals surface area contributed by atoms with Gasteiger partial charge in [-0.2, -0.15) is 5.10 Å². The molecule has 0 aliphatic heterocycles. The number of rotatable bonds is 5. The molecule has 2 aromatic heterocycles. The van der Waals surface area contributed by atoms with E-state index in [9.17, 15) is 9.59 Å². The van der Waals surface area contributed by atoms with Gasteiger partial charge in [-0.25, -0.2) is 14.5 Å². The molecular formula is C23H19N5O3. The van der Waals surface area contributed by atoms with Gasteiger partial charge in [-0.1, -0.05) is 24.3 Å². The molecule has 8 heteroatoms. The summed E-state index contributed by atoms with van der Waals surface area (Å²) in [4.78, 5) is 32.2. The number of aromatic amines is 1. The van der Waals surface area contributed by atoms with E-state index in [4.69, 9.17) is 10.5 Å². The second-order valence-electron chi connectivity index (χ2n) is 7.24. The van der Waals surface area contributed by atoms with Crippen molar-refractivity contribution in [2.75, 3.05) is 12.3 Å². The molecule has 31 heavy (non-hydrogen) atoms. The standard InChI is InChI=1S/C23H19N5O3/c1-2-31-23(30)22-26-18-8-7-16(11-19(18)27-22)28-21(24)17(12-25-28)20(29)15-9-13-5-3-4-6-14(13)10-15/h3-9,11-12H,2,10,24H2,1H3,(H,26,27). The summed E-state index contributed by atoms with van der Waals surface area (Å²) in [5, 5.41) is 4.32. The van der Waals surface area contributed by atoms with Crippen molar-refractivity contribution in [2.24, 2.45) is 0 Å². The summed E-state index contributed by atoms with van der Waals surface area (Å²) in [6, 6.07) is 13.2. The van der Waals surface area contributed by atoms with Crippen LogP contribution in [0.5, 0.6) is 0 Å². The third-order valence-corrected chi connectivity index (χ3v) is 5.29. The van der Waals surface area contributed by atoms with E-state index in [2.05, 4.69) is 15.1 Å². The van der Waals surface area contributed by atoms with Crippen LogP contribution in [0.15, 0.2) is 54.2 Å². The number of anilines is 1. The lowest BCUT2D eigenvalue weighted by molar-refractivity contribution is 0.0513. The number of benzene rings is 2. The molecule has 0 unspecified atom stereocenters. The van der Waals surface area contributed by atoms with Gasteiger partial charge >= 0.3 is 5.97 Å². The quantitative estimate of drug-likeness (QED) is 0.383. The van der Waals surface area contributed by atoms with Gasteiger partial charge in [-0.05, 0) is 42.3 Å². The van der Waals surface area contributed by atoms with Crippen LogP contribution in [0.4, 0.5) is 5.82 Å². The van der Waals surface area contributed by atoms with Gasteiger partial charge in [0.25, 0.3) is 0 Å². The molecule has 0 fully saturated rings. The zero-order chi connectivity index (χ0) is 21.5. The fourth-order valence-electron chi connectivity index (χ4n) is 3.76. The summed E-state index contributed by atoms with van der Waals surface area (Å²) in [6.45, 7) is 2.00. The Kier molecular flexibility index (Phi) is 4.39. The highest BCUT2D eigenvalue weighted by Crippen LogP contribution is 2.29. The van der Waals surface area contributed by atoms with Crippen LogP contribution in [0.25, 0.3) is 22.8 Å². The third kappa shape index (κ3) is 3.18. The summed E-state index contributed by atoms with van der Waals surface area (Å²) >= 11 is 0. The number of nitrogens with two attached hydrogens (primary N) is 1. The molecule has 0 saturated heterocycles. The monoisotopic (exact) mass is 413 g/mol. The van der Waals surface area contributed by atoms with Crippen LogP contribution in [0.2, 0.25) is 0 Å². The Morgan fingerprint density at radius 1 is 1.23 bits per heavy atom. The number of Topliss-reactive ketones (excluding diaryl/α,β-unsaturated/α-hetero) is 1. The van der Waals surface area contributed by atoms with E-state index in [0.717, 1.165) is 11.1 Å². The molecule has 1 aliphatic carbocycles. The van der Waals surface area contributed by atoms with E-state index in [1.54, 1.807) is 25.1 Å². The Morgan fingerprint density at radius 2 is 2.06 bits per heavy atom. The van der Waals surface area contributed by atoms with Gasteiger partial charge < -0.3 is 15.5 Å². The third-order valence-electron chi connectivity index (χ3n) is 5.29. The van der Waals surface area contributed by atoms with Crippen LogP contribution in [-0.4, -0.2) is 38.1 Å². The van der Waals surface area contributed by atoms with Crippen LogP contribution in [0.1, 0.15) is 39.0 Å². The van der Waals surface area contributed by atoms with E-state index in [1.807, 2.05) is 30.3 Å². The van der Waals surface area contributed by atoms with Crippen LogP contribution in [0.3, 0.4) is 0 Å². The number of hydrogen-bond donors (Lipinski definition) is 2. The smallest absolute Gasteiger partial charge is 0.374 e. The molecule has 8 nitrogen and oxygen atoms in total. The maximum atomic E-state index is 13.1. The molecule has 3 N–H and O–H groups in total. The Labute approximate surface area is 177 Å². The molecule has 0 bridgehead atoms. The van der Waals surface area contributed by atoms with Crippen LogP contribution in [-0.2, 0) is 11.2 Å². The minimum atomic E-state index is -0.516. The lowest BCUT2D eigenvalue weighted by atomic mass is 10.0. The van der Waals surface area contributed by atoms with Gasteiger partial charge in [-0.3, -0.25) is 4.79 Å². The molecule has 154 valence electrons. The highest BCUT2D eigenvalue weighted by atomic mass is 16.5. The van der Waals surface area contributed by atoms with Crippen molar-refractivity contribution >= 4 is 34.7 Å². The number of ketones is 1. The first-order valence-corrected chi connectivity index (χ1v) is 9.89. The number of nitrogen functional groups attached to an aromatic ring is 1. The van der Waals surface area contributed by atoms with Crippen molar-refractivity contribution in [3.63, 3.8) is 0 Å². The number of carbonyl (C=O) groups excluding carboxylic acids is 2. The number of nitrogens with zero attached hydrogens (tertiary/aromatic N) is 3. The Morgan fingerprint density at radius 3 is 2.87 bits per heavy atom. The average molecular weight is 413 g/mol. The Bertz CT molecular complexity index is 1380. The largest absolute Gasteiger partial charge is 0.460 e. The van der Waals surface area contributed by atoms with Crippen molar-refractivity contribution in [1.29, 1.82) is 0 Å². The molecular weight excluding hydrogens is 394 g/mol. The van der Waals surface area contributed by atoms with E-state index in [1.165, 1.54) is 10.9 Å². The van der Waals surface area contributed by atoms with Crippen molar-refractivity contribution in [3.05, 3.63) is 76.7 Å². The number of nitrogens with one attached hydrogen (secondary N) is 1. The molecule has 0 spiro atoms. The maximum absolute atomic E-state index is 13.1. The van der Waals surface area contributed by atoms with Crippen LogP contribution in [0, 0.1) is 0 Å². The molecule has 2 aromatic carbocycles. The first kappa shape index (κ1) is 18.8. The van der Waals surface area contributed by atoms with E-state index < -0.39 is 5.97 Å². The number of hydrogen-bond acceptors (Lipinski definition) is 6. The first-order chi connectivity index (χ1) is 15.0. The van der Waals surface area contributed by atoms with Gasteiger partial charge in [-0.15, -0.1) is 0 Å². The van der Waals surface area contributed by atoms with Crippen molar-refractivity contribution in [1.82, 2.24) is 19.7 Å². The summed E-state index contributed by atoms with van der Waals surface area (Å²) in [5.41, 5.74) is 11.4. The van der Waals surface area contributed by atoms with Crippen molar-refractivity contribution < 1.29 is 14.3 Å². The predicted octanol–water partition coefficient (Wildman–Crippen LogP) is 3.33. The van der Waals surface area contributed by atoms with E-state index in [-0.39, 0.29) is 24.0 Å². The second kappa shape index (κ2) is 7.24. The maximum Gasteiger partial charge on any atom is 0.374 e. The zero-order valence-electron chi connectivity index (χ0n) is 16.8. The molecule has 2 heterocycles. The van der Waals surface area contributed by atoms with Crippen molar-refractivity contribution in [3.8, 4) is 5.69 Å². The van der Waals surface area contributed by atoms with Gasteiger partial charge in [0.05, 0.1) is 35.1 Å². The number of aromatic nitrogens is 4. The van der Waals surface area contributed by atoms with E-state index >= 15 is 0 Å². The summed E-state index contributed by atoms with van der Waals surface area (Å²) < 4.78 is 6.48. The molecule has 0 amide bonds. The molecule has 0 atom stereocenters. The SMILES string of the molecule is CCOC(=O)c1nc2ccc(-n3ncc(C(=O)C4=Cc5ccccc5C4)c3N)cc2[nH]1. The number of ether oxygens (including phenoxy) is 1. The number of allylic oxidation sites excluding steroid dienone is 1. The fraction of sp³-hybridized carbons (Fsp3) is 0.130. The first-order valence-electron chi connectivity index (χ1n) is 9.89. The number of fused-ring (bicyclic) bond motifs is 2. The fourth-order valence-corrected chi connectivity index (χ4v) is 3.76. The zero-order valence-corrected chi connectivity index (χ0v) is 16.8. The average Bonchev–Trinajstić information content (AvgIpc) is 3.48. The minimum Gasteiger partial charge on any atom is -0.460 e. The number of H-pyrrole nitrogens is 1. The second-order valence-corrected chi connectivity index (χ2v) is 7.24. The molecule has 1 aliphatic rings. The van der Waals surface area contributed by atoms with Crippen LogP contribution < -0.4 is 5.73 Å². The molecule has 4 aromatic rings.